The molecule has 1 fully saturated rings. The highest BCUT2D eigenvalue weighted by Gasteiger charge is 2.28. The topological polar surface area (TPSA) is 45.6 Å². The zero-order chi connectivity index (χ0) is 25.2. The SMILES string of the molecule is Cc1c(C(=O)N2CCN(C(=O)Cc3cccs3)CC2)cc(-c2ccc(Cl)cc2)n1-c1cccc(F)c1. The zero-order valence-corrected chi connectivity index (χ0v) is 21.4. The molecule has 0 bridgehead atoms. The third-order valence-corrected chi connectivity index (χ3v) is 7.64. The van der Waals surface area contributed by atoms with E-state index in [-0.39, 0.29) is 17.6 Å². The van der Waals surface area contributed by atoms with Crippen LogP contribution < -0.4 is 0 Å². The second-order valence-electron chi connectivity index (χ2n) is 8.78. The summed E-state index contributed by atoms with van der Waals surface area (Å²) in [5.41, 5.74) is 3.58. The molecule has 4 aromatic rings. The van der Waals surface area contributed by atoms with E-state index < -0.39 is 0 Å². The lowest BCUT2D eigenvalue weighted by Gasteiger charge is -2.34. The molecule has 5 nitrogen and oxygen atoms in total. The number of hydrogen-bond acceptors (Lipinski definition) is 3. The molecule has 0 unspecified atom stereocenters. The molecule has 5 rings (SSSR count). The lowest BCUT2D eigenvalue weighted by molar-refractivity contribution is -0.131. The van der Waals surface area contributed by atoms with E-state index in [1.165, 1.54) is 12.1 Å². The van der Waals surface area contributed by atoms with Crippen molar-refractivity contribution < 1.29 is 14.0 Å². The normalized spacial score (nSPS) is 13.8. The van der Waals surface area contributed by atoms with Crippen LogP contribution in [0, 0.1) is 12.7 Å². The first kappa shape index (κ1) is 24.3. The van der Waals surface area contributed by atoms with E-state index in [4.69, 9.17) is 11.6 Å². The molecular formula is C28H25ClFN3O2S. The highest BCUT2D eigenvalue weighted by Crippen LogP contribution is 2.31. The first-order valence-electron chi connectivity index (χ1n) is 11.7. The van der Waals surface area contributed by atoms with Crippen LogP contribution in [0.2, 0.25) is 5.02 Å². The van der Waals surface area contributed by atoms with Crippen molar-refractivity contribution >= 4 is 34.8 Å². The first-order chi connectivity index (χ1) is 17.4. The van der Waals surface area contributed by atoms with Crippen LogP contribution in [0.1, 0.15) is 20.9 Å². The molecule has 0 spiro atoms. The molecular weight excluding hydrogens is 497 g/mol. The van der Waals surface area contributed by atoms with Crippen molar-refractivity contribution in [2.24, 2.45) is 0 Å². The smallest absolute Gasteiger partial charge is 0.255 e. The van der Waals surface area contributed by atoms with E-state index in [0.717, 1.165) is 21.8 Å². The van der Waals surface area contributed by atoms with Crippen LogP contribution in [-0.2, 0) is 11.2 Å². The van der Waals surface area contributed by atoms with Crippen LogP contribution in [0.25, 0.3) is 16.9 Å². The number of thiophene rings is 1. The monoisotopic (exact) mass is 521 g/mol. The molecule has 2 aromatic heterocycles. The van der Waals surface area contributed by atoms with Gasteiger partial charge in [-0.3, -0.25) is 9.59 Å². The van der Waals surface area contributed by atoms with Crippen LogP contribution in [0.3, 0.4) is 0 Å². The van der Waals surface area contributed by atoms with Gasteiger partial charge < -0.3 is 14.4 Å². The molecule has 0 radical (unpaired) electrons. The van der Waals surface area contributed by atoms with Gasteiger partial charge >= 0.3 is 0 Å². The molecule has 0 N–H and O–H groups in total. The van der Waals surface area contributed by atoms with Crippen LogP contribution in [-0.4, -0.2) is 52.4 Å². The summed E-state index contributed by atoms with van der Waals surface area (Å²) in [6, 6.07) is 19.5. The molecule has 1 aliphatic heterocycles. The molecule has 3 heterocycles. The molecule has 2 aromatic carbocycles. The fraction of sp³-hybridized carbons (Fsp3) is 0.214. The number of carbonyl (C=O) groups is 2. The minimum atomic E-state index is -0.348. The number of hydrogen-bond donors (Lipinski definition) is 0. The van der Waals surface area contributed by atoms with E-state index in [0.29, 0.717) is 48.9 Å². The Hall–Kier alpha value is -3.42. The third kappa shape index (κ3) is 4.94. The maximum atomic E-state index is 14.1. The summed E-state index contributed by atoms with van der Waals surface area (Å²) < 4.78 is 16.0. The standard InChI is InChI=1S/C28H25ClFN3O2S/c1-19-25(28(35)32-13-11-31(12-14-32)27(34)17-24-6-3-15-36-24)18-26(20-7-9-21(29)10-8-20)33(19)23-5-2-4-22(30)16-23/h2-10,15-16,18H,11-14,17H2,1H3. The summed E-state index contributed by atoms with van der Waals surface area (Å²) in [5, 5.41) is 2.58. The Morgan fingerprint density at radius 1 is 0.944 bits per heavy atom. The number of rotatable bonds is 5. The van der Waals surface area contributed by atoms with Gasteiger partial charge in [-0.2, -0.15) is 0 Å². The predicted molar refractivity (Wildman–Crippen MR) is 141 cm³/mol. The molecule has 36 heavy (non-hydrogen) atoms. The second kappa shape index (κ2) is 10.3. The minimum Gasteiger partial charge on any atom is -0.339 e. The van der Waals surface area contributed by atoms with Gasteiger partial charge in [0.1, 0.15) is 5.82 Å². The summed E-state index contributed by atoms with van der Waals surface area (Å²) in [4.78, 5) is 30.9. The third-order valence-electron chi connectivity index (χ3n) is 6.51. The number of amides is 2. The zero-order valence-electron chi connectivity index (χ0n) is 19.8. The number of carbonyl (C=O) groups excluding carboxylic acids is 2. The fourth-order valence-corrected chi connectivity index (χ4v) is 5.43. The molecule has 184 valence electrons. The average Bonchev–Trinajstić information content (AvgIpc) is 3.52. The summed E-state index contributed by atoms with van der Waals surface area (Å²) in [7, 11) is 0. The van der Waals surface area contributed by atoms with E-state index in [1.807, 2.05) is 58.2 Å². The highest BCUT2D eigenvalue weighted by atomic mass is 35.5. The van der Waals surface area contributed by atoms with Gasteiger partial charge in [0.25, 0.3) is 5.91 Å². The van der Waals surface area contributed by atoms with Gasteiger partial charge in [0, 0.05) is 47.5 Å². The highest BCUT2D eigenvalue weighted by molar-refractivity contribution is 7.10. The Balaban J connectivity index is 1.40. The molecule has 0 atom stereocenters. The Morgan fingerprint density at radius 3 is 2.33 bits per heavy atom. The van der Waals surface area contributed by atoms with Crippen molar-refractivity contribution in [3.8, 4) is 16.9 Å². The predicted octanol–water partition coefficient (Wildman–Crippen LogP) is 5.83. The van der Waals surface area contributed by atoms with Gasteiger partial charge in [0.15, 0.2) is 0 Å². The summed E-state index contributed by atoms with van der Waals surface area (Å²) in [6.07, 6.45) is 0.395. The number of nitrogens with zero attached hydrogens (tertiary/aromatic N) is 3. The van der Waals surface area contributed by atoms with E-state index in [1.54, 1.807) is 34.4 Å². The second-order valence-corrected chi connectivity index (χ2v) is 10.2. The van der Waals surface area contributed by atoms with Crippen LogP contribution in [0.5, 0.6) is 0 Å². The Bertz CT molecular complexity index is 1390. The van der Waals surface area contributed by atoms with Crippen LogP contribution >= 0.6 is 22.9 Å². The number of piperazine rings is 1. The lowest BCUT2D eigenvalue weighted by Crippen LogP contribution is -2.51. The lowest BCUT2D eigenvalue weighted by atomic mass is 10.1. The minimum absolute atomic E-state index is 0.0861. The van der Waals surface area contributed by atoms with Crippen molar-refractivity contribution in [3.05, 3.63) is 99.1 Å². The van der Waals surface area contributed by atoms with Crippen molar-refractivity contribution in [3.63, 3.8) is 0 Å². The maximum absolute atomic E-state index is 14.1. The average molecular weight is 522 g/mol. The fourth-order valence-electron chi connectivity index (χ4n) is 4.61. The van der Waals surface area contributed by atoms with Crippen molar-refractivity contribution in [1.82, 2.24) is 14.4 Å². The van der Waals surface area contributed by atoms with Gasteiger partial charge in [-0.15, -0.1) is 11.3 Å². The van der Waals surface area contributed by atoms with Gasteiger partial charge in [-0.05, 0) is 60.3 Å². The summed E-state index contributed by atoms with van der Waals surface area (Å²) >= 11 is 7.67. The van der Waals surface area contributed by atoms with E-state index in [2.05, 4.69) is 0 Å². The maximum Gasteiger partial charge on any atom is 0.255 e. The Morgan fingerprint density at radius 2 is 1.67 bits per heavy atom. The molecule has 1 aliphatic rings. The number of halogens is 2. The van der Waals surface area contributed by atoms with Gasteiger partial charge in [-0.1, -0.05) is 35.9 Å². The van der Waals surface area contributed by atoms with E-state index >= 15 is 0 Å². The van der Waals surface area contributed by atoms with Crippen LogP contribution in [0.15, 0.2) is 72.1 Å². The van der Waals surface area contributed by atoms with Crippen molar-refractivity contribution in [2.45, 2.75) is 13.3 Å². The number of aromatic nitrogens is 1. The van der Waals surface area contributed by atoms with Crippen LogP contribution in [0.4, 0.5) is 4.39 Å². The largest absolute Gasteiger partial charge is 0.339 e. The first-order valence-corrected chi connectivity index (χ1v) is 13.0. The van der Waals surface area contributed by atoms with E-state index in [9.17, 15) is 14.0 Å². The summed E-state index contributed by atoms with van der Waals surface area (Å²) in [5.74, 6) is -0.356. The number of benzene rings is 2. The van der Waals surface area contributed by atoms with Crippen molar-refractivity contribution in [1.29, 1.82) is 0 Å². The van der Waals surface area contributed by atoms with Gasteiger partial charge in [-0.25, -0.2) is 4.39 Å². The molecule has 2 amide bonds. The summed E-state index contributed by atoms with van der Waals surface area (Å²) in [6.45, 7) is 3.82. The Labute approximate surface area is 218 Å². The molecule has 0 saturated carbocycles. The molecule has 0 aliphatic carbocycles. The Kier molecular flexibility index (Phi) is 6.94. The van der Waals surface area contributed by atoms with Gasteiger partial charge in [0.05, 0.1) is 17.7 Å². The van der Waals surface area contributed by atoms with Gasteiger partial charge in [0.2, 0.25) is 5.91 Å². The van der Waals surface area contributed by atoms with Crippen molar-refractivity contribution in [2.75, 3.05) is 26.2 Å². The quantitative estimate of drug-likeness (QED) is 0.331. The molecule has 8 heteroatoms. The molecule has 1 saturated heterocycles.